The standard InChI is InChI=1S/C28H33F2NO8S/c1-25-6-4-18(32)9-21(25)22(29)10-20-19-8-17-13-31(12-16-5-7-37-14-16)39-28(17,24(34)15-38-40(3,35)36)26(19,2)11-23(33)27(20,25)30/h4-7,9,14,17,19-20,22-23,33H,8,10-13,15H2,1-3H3/t17-,19-,20-,22-,23-,25-,26-,27-,28-/m0/s1. The zero-order chi connectivity index (χ0) is 28.9. The van der Waals surface area contributed by atoms with Crippen LogP contribution in [-0.2, 0) is 35.3 Å². The van der Waals surface area contributed by atoms with E-state index in [0.29, 0.717) is 6.42 Å². The second-order valence-corrected chi connectivity index (χ2v) is 14.1. The Bertz CT molecular complexity index is 1410. The summed E-state index contributed by atoms with van der Waals surface area (Å²) in [5, 5.41) is 13.2. The van der Waals surface area contributed by atoms with Gasteiger partial charge in [0.25, 0.3) is 10.1 Å². The summed E-state index contributed by atoms with van der Waals surface area (Å²) in [6.45, 7) is 3.06. The molecule has 218 valence electrons. The van der Waals surface area contributed by atoms with Crippen LogP contribution in [0.1, 0.15) is 38.7 Å². The summed E-state index contributed by atoms with van der Waals surface area (Å²) in [6, 6.07) is 1.75. The number of carbonyl (C=O) groups excluding carboxylic acids is 2. The number of hydrogen-bond acceptors (Lipinski definition) is 9. The Morgan fingerprint density at radius 1 is 1.27 bits per heavy atom. The van der Waals surface area contributed by atoms with Crippen molar-refractivity contribution in [2.45, 2.75) is 63.2 Å². The summed E-state index contributed by atoms with van der Waals surface area (Å²) in [5.74, 6) is -3.11. The Labute approximate surface area is 231 Å². The van der Waals surface area contributed by atoms with E-state index in [1.807, 2.05) is 0 Å². The minimum atomic E-state index is -3.96. The average Bonchev–Trinajstić information content (AvgIpc) is 3.56. The molecule has 1 aromatic heterocycles. The van der Waals surface area contributed by atoms with Crippen molar-refractivity contribution in [1.82, 2.24) is 5.06 Å². The maximum Gasteiger partial charge on any atom is 0.264 e. The van der Waals surface area contributed by atoms with Gasteiger partial charge in [-0.25, -0.2) is 8.78 Å². The Morgan fingerprint density at radius 3 is 2.70 bits per heavy atom. The van der Waals surface area contributed by atoms with E-state index in [2.05, 4.69) is 0 Å². The highest BCUT2D eigenvalue weighted by Crippen LogP contribution is 2.72. The van der Waals surface area contributed by atoms with Gasteiger partial charge in [0, 0.05) is 34.8 Å². The summed E-state index contributed by atoms with van der Waals surface area (Å²) in [5.41, 5.74) is -5.84. The predicted molar refractivity (Wildman–Crippen MR) is 136 cm³/mol. The molecular formula is C28H33F2NO8S. The van der Waals surface area contributed by atoms with Crippen molar-refractivity contribution < 1.29 is 45.3 Å². The molecule has 1 aromatic rings. The average molecular weight is 582 g/mol. The fourth-order valence-electron chi connectivity index (χ4n) is 8.77. The van der Waals surface area contributed by atoms with E-state index in [9.17, 15) is 23.1 Å². The highest BCUT2D eigenvalue weighted by molar-refractivity contribution is 7.86. The molecule has 4 fully saturated rings. The lowest BCUT2D eigenvalue weighted by Gasteiger charge is -2.63. The highest BCUT2D eigenvalue weighted by Gasteiger charge is 2.79. The van der Waals surface area contributed by atoms with Crippen molar-refractivity contribution in [2.24, 2.45) is 28.6 Å². The number of allylic oxidation sites excluding steroid dienone is 4. The topological polar surface area (TPSA) is 123 Å². The minimum Gasteiger partial charge on any atom is -0.472 e. The van der Waals surface area contributed by atoms with Crippen LogP contribution in [0.3, 0.4) is 0 Å². The normalized spacial score (nSPS) is 44.5. The number of fused-ring (bicyclic) bond motifs is 7. The number of rotatable bonds is 6. The fourth-order valence-corrected chi connectivity index (χ4v) is 9.09. The van der Waals surface area contributed by atoms with E-state index in [4.69, 9.17) is 13.4 Å². The molecule has 0 aromatic carbocycles. The van der Waals surface area contributed by atoms with Crippen molar-refractivity contribution >= 4 is 21.7 Å². The zero-order valence-corrected chi connectivity index (χ0v) is 23.3. The Hall–Kier alpha value is -2.25. The van der Waals surface area contributed by atoms with Crippen LogP contribution in [0.25, 0.3) is 0 Å². The third-order valence-corrected chi connectivity index (χ3v) is 11.0. The van der Waals surface area contributed by atoms with E-state index >= 15 is 8.78 Å². The first-order valence-electron chi connectivity index (χ1n) is 13.4. The molecule has 0 spiro atoms. The maximum atomic E-state index is 17.5. The van der Waals surface area contributed by atoms with Gasteiger partial charge in [-0.05, 0) is 55.9 Å². The van der Waals surface area contributed by atoms with Crippen molar-refractivity contribution in [3.8, 4) is 0 Å². The van der Waals surface area contributed by atoms with Crippen LogP contribution in [0.2, 0.25) is 0 Å². The van der Waals surface area contributed by atoms with Gasteiger partial charge in [-0.15, -0.1) is 0 Å². The van der Waals surface area contributed by atoms with Gasteiger partial charge in [-0.2, -0.15) is 13.5 Å². The van der Waals surface area contributed by atoms with Crippen molar-refractivity contribution in [3.05, 3.63) is 48.0 Å². The number of aliphatic hydroxyl groups excluding tert-OH is 1. The van der Waals surface area contributed by atoms with Gasteiger partial charge in [0.15, 0.2) is 22.8 Å². The molecule has 9 nitrogen and oxygen atoms in total. The number of alkyl halides is 2. The molecule has 12 heteroatoms. The number of furan rings is 1. The predicted octanol–water partition coefficient (Wildman–Crippen LogP) is 2.86. The number of aliphatic hydroxyl groups is 1. The van der Waals surface area contributed by atoms with E-state index < -0.39 is 80.4 Å². The number of nitrogens with zero attached hydrogens (tertiary/aromatic N) is 1. The van der Waals surface area contributed by atoms with Crippen LogP contribution in [0.4, 0.5) is 8.78 Å². The summed E-state index contributed by atoms with van der Waals surface area (Å²) < 4.78 is 66.9. The molecule has 2 heterocycles. The zero-order valence-electron chi connectivity index (χ0n) is 22.5. The number of halogens is 2. The third-order valence-electron chi connectivity index (χ3n) is 10.4. The molecule has 3 saturated carbocycles. The summed E-state index contributed by atoms with van der Waals surface area (Å²) in [6.07, 6.45) is 4.24. The largest absolute Gasteiger partial charge is 0.472 e. The molecule has 0 radical (unpaired) electrons. The maximum absolute atomic E-state index is 17.5. The molecule has 1 aliphatic heterocycles. The molecule has 0 amide bonds. The first-order chi connectivity index (χ1) is 18.7. The number of hydrogen-bond donors (Lipinski definition) is 1. The van der Waals surface area contributed by atoms with Gasteiger partial charge in [0.05, 0.1) is 31.4 Å². The number of ketones is 2. The Morgan fingerprint density at radius 2 is 2.02 bits per heavy atom. The molecule has 9 atom stereocenters. The molecule has 40 heavy (non-hydrogen) atoms. The first kappa shape index (κ1) is 27.9. The molecule has 6 rings (SSSR count). The van der Waals surface area contributed by atoms with Crippen LogP contribution in [-0.4, -0.2) is 73.1 Å². The van der Waals surface area contributed by atoms with Crippen LogP contribution in [0.5, 0.6) is 0 Å². The summed E-state index contributed by atoms with van der Waals surface area (Å²) >= 11 is 0. The number of Topliss-reactive ketones (excluding diaryl/α,β-unsaturated/α-hetero) is 1. The fraction of sp³-hybridized carbons (Fsp3) is 0.643. The molecule has 4 aliphatic carbocycles. The van der Waals surface area contributed by atoms with Gasteiger partial charge in [0.1, 0.15) is 12.8 Å². The summed E-state index contributed by atoms with van der Waals surface area (Å²) in [4.78, 5) is 32.5. The molecular weight excluding hydrogens is 548 g/mol. The lowest BCUT2D eigenvalue weighted by atomic mass is 9.44. The van der Waals surface area contributed by atoms with E-state index in [1.165, 1.54) is 25.3 Å². The Balaban J connectivity index is 1.42. The lowest BCUT2D eigenvalue weighted by Crippen LogP contribution is -2.70. The van der Waals surface area contributed by atoms with Gasteiger partial charge in [-0.1, -0.05) is 13.0 Å². The van der Waals surface area contributed by atoms with Gasteiger partial charge < -0.3 is 9.52 Å². The van der Waals surface area contributed by atoms with Crippen molar-refractivity contribution in [3.63, 3.8) is 0 Å². The molecule has 0 bridgehead atoms. The van der Waals surface area contributed by atoms with Crippen LogP contribution >= 0.6 is 0 Å². The molecule has 1 saturated heterocycles. The van der Waals surface area contributed by atoms with E-state index in [0.717, 1.165) is 17.9 Å². The smallest absolute Gasteiger partial charge is 0.264 e. The van der Waals surface area contributed by atoms with Gasteiger partial charge in [0.2, 0.25) is 0 Å². The van der Waals surface area contributed by atoms with E-state index in [-0.39, 0.29) is 31.5 Å². The quantitative estimate of drug-likeness (QED) is 0.505. The SMILES string of the molecule is C[C@]12C=CC(=O)C=C1[C@@H](F)C[C@H]1[C@@H]3C[C@H]4CN(Cc5ccoc5)O[C@@]4(C(=O)COS(C)(=O)=O)[C@@]3(C)C[C@H](O)[C@@]12F. The van der Waals surface area contributed by atoms with Crippen LogP contribution in [0.15, 0.2) is 46.8 Å². The van der Waals surface area contributed by atoms with Crippen molar-refractivity contribution in [2.75, 3.05) is 19.4 Å². The van der Waals surface area contributed by atoms with E-state index in [1.54, 1.807) is 24.3 Å². The van der Waals surface area contributed by atoms with Crippen LogP contribution in [0, 0.1) is 28.6 Å². The first-order valence-corrected chi connectivity index (χ1v) is 15.3. The number of carbonyl (C=O) groups is 2. The van der Waals surface area contributed by atoms with Gasteiger partial charge >= 0.3 is 0 Å². The summed E-state index contributed by atoms with van der Waals surface area (Å²) in [7, 11) is -3.96. The monoisotopic (exact) mass is 581 g/mol. The molecule has 1 N–H and O–H groups in total. The third kappa shape index (κ3) is 3.65. The van der Waals surface area contributed by atoms with Gasteiger partial charge in [-0.3, -0.25) is 18.6 Å². The van der Waals surface area contributed by atoms with Crippen LogP contribution < -0.4 is 0 Å². The minimum absolute atomic E-state index is 0.0227. The second-order valence-electron chi connectivity index (χ2n) is 12.5. The molecule has 0 unspecified atom stereocenters. The second kappa shape index (κ2) is 8.87. The lowest BCUT2D eigenvalue weighted by molar-refractivity contribution is -0.269. The van der Waals surface area contributed by atoms with Crippen molar-refractivity contribution in [1.29, 1.82) is 0 Å². The number of hydroxylamine groups is 2. The highest BCUT2D eigenvalue weighted by atomic mass is 32.2. The Kier molecular flexibility index (Phi) is 6.19. The molecule has 5 aliphatic rings.